The highest BCUT2D eigenvalue weighted by molar-refractivity contribution is 5.74. The van der Waals surface area contributed by atoms with Gasteiger partial charge in [0.05, 0.1) is 13.2 Å². The van der Waals surface area contributed by atoms with Crippen molar-refractivity contribution in [3.8, 4) is 0 Å². The largest absolute Gasteiger partial charge is 0.464 e. The van der Waals surface area contributed by atoms with E-state index in [1.54, 1.807) is 0 Å². The number of esters is 1. The van der Waals surface area contributed by atoms with E-state index in [1.807, 2.05) is 20.8 Å². The van der Waals surface area contributed by atoms with Crippen LogP contribution >= 0.6 is 0 Å². The number of unbranched alkanes of at least 4 members (excludes halogenated alkanes) is 7. The van der Waals surface area contributed by atoms with Gasteiger partial charge in [-0.05, 0) is 36.8 Å². The molecule has 0 bridgehead atoms. The minimum Gasteiger partial charge on any atom is -0.464 e. The molecule has 0 aliphatic carbocycles. The van der Waals surface area contributed by atoms with E-state index in [9.17, 15) is 4.79 Å². The molecule has 0 spiro atoms. The average Bonchev–Trinajstić information content (AvgIpc) is 2.65. The first-order valence-corrected chi connectivity index (χ1v) is 10.9. The summed E-state index contributed by atoms with van der Waals surface area (Å²) in [5, 5.41) is 0. The summed E-state index contributed by atoms with van der Waals surface area (Å²) >= 11 is 0. The van der Waals surface area contributed by atoms with Crippen LogP contribution in [0.3, 0.4) is 0 Å². The molecule has 1 aromatic carbocycles. The summed E-state index contributed by atoms with van der Waals surface area (Å²) in [6, 6.07) is 8.61. The van der Waals surface area contributed by atoms with Crippen LogP contribution in [0.15, 0.2) is 24.3 Å². The van der Waals surface area contributed by atoms with Crippen LogP contribution in [-0.2, 0) is 27.3 Å². The van der Waals surface area contributed by atoms with Crippen LogP contribution in [-0.4, -0.2) is 18.7 Å². The normalized spacial score (nSPS) is 12.3. The zero-order valence-corrected chi connectivity index (χ0v) is 18.0. The first-order chi connectivity index (χ1) is 13.1. The molecule has 27 heavy (non-hydrogen) atoms. The Hall–Kier alpha value is -1.35. The molecule has 1 aromatic rings. The molecular formula is C24H40O3. The van der Waals surface area contributed by atoms with Crippen LogP contribution in [0, 0.1) is 5.92 Å². The van der Waals surface area contributed by atoms with E-state index < -0.39 is 6.10 Å². The average molecular weight is 377 g/mol. The van der Waals surface area contributed by atoms with Crippen molar-refractivity contribution in [3.63, 3.8) is 0 Å². The summed E-state index contributed by atoms with van der Waals surface area (Å²) in [5.74, 6) is -0.163. The monoisotopic (exact) mass is 376 g/mol. The van der Waals surface area contributed by atoms with Gasteiger partial charge < -0.3 is 9.47 Å². The van der Waals surface area contributed by atoms with E-state index in [-0.39, 0.29) is 11.9 Å². The summed E-state index contributed by atoms with van der Waals surface area (Å²) < 4.78 is 10.9. The number of rotatable bonds is 15. The molecule has 0 saturated carbocycles. The molecule has 1 atom stereocenters. The minimum atomic E-state index is -0.498. The van der Waals surface area contributed by atoms with Gasteiger partial charge in [-0.2, -0.15) is 0 Å². The highest BCUT2D eigenvalue weighted by Gasteiger charge is 2.24. The Kier molecular flexibility index (Phi) is 12.9. The standard InChI is InChI=1S/C24H40O3/c1-5-7-8-9-10-11-12-13-14-21-15-17-22(18-16-21)19-27-23(20(3)4)24(25)26-6-2/h15-18,20,23H,5-14,19H2,1-4H3. The number of hydrogen-bond acceptors (Lipinski definition) is 3. The van der Waals surface area contributed by atoms with Crippen molar-refractivity contribution in [1.82, 2.24) is 0 Å². The molecule has 0 aromatic heterocycles. The van der Waals surface area contributed by atoms with Crippen molar-refractivity contribution >= 4 is 5.97 Å². The molecule has 0 aliphatic rings. The third-order valence-corrected chi connectivity index (χ3v) is 4.90. The van der Waals surface area contributed by atoms with E-state index >= 15 is 0 Å². The molecule has 0 amide bonds. The lowest BCUT2D eigenvalue weighted by atomic mass is 10.0. The SMILES string of the molecule is CCCCCCCCCCc1ccc(COC(C(=O)OCC)C(C)C)cc1. The number of carbonyl (C=O) groups excluding carboxylic acids is 1. The van der Waals surface area contributed by atoms with Gasteiger partial charge >= 0.3 is 5.97 Å². The molecule has 1 unspecified atom stereocenters. The van der Waals surface area contributed by atoms with Gasteiger partial charge in [0.15, 0.2) is 6.10 Å². The van der Waals surface area contributed by atoms with Gasteiger partial charge in [0.25, 0.3) is 0 Å². The van der Waals surface area contributed by atoms with Crippen LogP contribution < -0.4 is 0 Å². The molecular weight excluding hydrogens is 336 g/mol. The molecule has 0 fully saturated rings. The summed E-state index contributed by atoms with van der Waals surface area (Å²) in [4.78, 5) is 12.0. The van der Waals surface area contributed by atoms with Gasteiger partial charge in [0.1, 0.15) is 0 Å². The van der Waals surface area contributed by atoms with Crippen LogP contribution in [0.1, 0.15) is 90.2 Å². The smallest absolute Gasteiger partial charge is 0.335 e. The molecule has 3 nitrogen and oxygen atoms in total. The molecule has 0 N–H and O–H groups in total. The van der Waals surface area contributed by atoms with Gasteiger partial charge in [-0.15, -0.1) is 0 Å². The molecule has 0 radical (unpaired) electrons. The Morgan fingerprint density at radius 1 is 0.852 bits per heavy atom. The van der Waals surface area contributed by atoms with E-state index in [0.29, 0.717) is 13.2 Å². The highest BCUT2D eigenvalue weighted by atomic mass is 16.6. The fourth-order valence-electron chi connectivity index (χ4n) is 3.21. The van der Waals surface area contributed by atoms with Crippen molar-refractivity contribution in [2.24, 2.45) is 5.92 Å². The number of benzene rings is 1. The van der Waals surface area contributed by atoms with E-state index in [0.717, 1.165) is 12.0 Å². The van der Waals surface area contributed by atoms with Crippen molar-refractivity contribution in [2.45, 2.75) is 98.2 Å². The zero-order valence-electron chi connectivity index (χ0n) is 18.0. The molecule has 0 saturated heterocycles. The Balaban J connectivity index is 2.27. The zero-order chi connectivity index (χ0) is 19.9. The molecule has 154 valence electrons. The lowest BCUT2D eigenvalue weighted by molar-refractivity contribution is -0.160. The van der Waals surface area contributed by atoms with E-state index in [1.165, 1.54) is 56.9 Å². The Labute approximate surface area is 166 Å². The lowest BCUT2D eigenvalue weighted by Crippen LogP contribution is -2.31. The van der Waals surface area contributed by atoms with E-state index in [2.05, 4.69) is 31.2 Å². The third-order valence-electron chi connectivity index (χ3n) is 4.90. The quantitative estimate of drug-likeness (QED) is 0.260. The van der Waals surface area contributed by atoms with Crippen LogP contribution in [0.2, 0.25) is 0 Å². The summed E-state index contributed by atoms with van der Waals surface area (Å²) in [7, 11) is 0. The van der Waals surface area contributed by atoms with Crippen molar-refractivity contribution in [2.75, 3.05) is 6.61 Å². The number of carbonyl (C=O) groups is 1. The van der Waals surface area contributed by atoms with Gasteiger partial charge in [-0.25, -0.2) is 4.79 Å². The molecule has 0 aliphatic heterocycles. The topological polar surface area (TPSA) is 35.5 Å². The first-order valence-electron chi connectivity index (χ1n) is 10.9. The highest BCUT2D eigenvalue weighted by Crippen LogP contribution is 2.15. The maximum absolute atomic E-state index is 12.0. The van der Waals surface area contributed by atoms with Crippen LogP contribution in [0.25, 0.3) is 0 Å². The van der Waals surface area contributed by atoms with Crippen LogP contribution in [0.4, 0.5) is 0 Å². The second kappa shape index (κ2) is 14.7. The number of ether oxygens (including phenoxy) is 2. The number of aryl methyl sites for hydroxylation is 1. The van der Waals surface area contributed by atoms with Gasteiger partial charge in [0.2, 0.25) is 0 Å². The summed E-state index contributed by atoms with van der Waals surface area (Å²) in [6.07, 6.45) is 11.5. The van der Waals surface area contributed by atoms with Crippen molar-refractivity contribution in [1.29, 1.82) is 0 Å². The predicted octanol–water partition coefficient (Wildman–Crippen LogP) is 6.47. The Bertz CT molecular complexity index is 493. The fraction of sp³-hybridized carbons (Fsp3) is 0.708. The number of hydrogen-bond donors (Lipinski definition) is 0. The van der Waals surface area contributed by atoms with E-state index in [4.69, 9.17) is 9.47 Å². The summed E-state index contributed by atoms with van der Waals surface area (Å²) in [5.41, 5.74) is 2.49. The lowest BCUT2D eigenvalue weighted by Gasteiger charge is -2.19. The van der Waals surface area contributed by atoms with Crippen molar-refractivity contribution in [3.05, 3.63) is 35.4 Å². The molecule has 0 heterocycles. The van der Waals surface area contributed by atoms with Gasteiger partial charge in [-0.1, -0.05) is 90.0 Å². The second-order valence-electron chi connectivity index (χ2n) is 7.77. The Morgan fingerprint density at radius 3 is 1.96 bits per heavy atom. The first kappa shape index (κ1) is 23.7. The Morgan fingerprint density at radius 2 is 1.41 bits per heavy atom. The predicted molar refractivity (Wildman–Crippen MR) is 113 cm³/mol. The molecule has 3 heteroatoms. The molecule has 1 rings (SSSR count). The third kappa shape index (κ3) is 10.5. The van der Waals surface area contributed by atoms with Gasteiger partial charge in [-0.3, -0.25) is 0 Å². The van der Waals surface area contributed by atoms with Crippen LogP contribution in [0.5, 0.6) is 0 Å². The van der Waals surface area contributed by atoms with Crippen molar-refractivity contribution < 1.29 is 14.3 Å². The second-order valence-corrected chi connectivity index (χ2v) is 7.77. The maximum Gasteiger partial charge on any atom is 0.335 e. The summed E-state index contributed by atoms with van der Waals surface area (Å²) in [6.45, 7) is 8.88. The van der Waals surface area contributed by atoms with Gasteiger partial charge in [0, 0.05) is 0 Å². The maximum atomic E-state index is 12.0. The minimum absolute atomic E-state index is 0.102. The fourth-order valence-corrected chi connectivity index (χ4v) is 3.21.